The molecule has 0 radical (unpaired) electrons. The third kappa shape index (κ3) is 20.2. The number of nitrogens with two attached hydrogens (primary N) is 1. The highest BCUT2D eigenvalue weighted by Gasteiger charge is 2.37. The summed E-state index contributed by atoms with van der Waals surface area (Å²) in [6.45, 7) is 8.25. The van der Waals surface area contributed by atoms with Crippen molar-refractivity contribution in [2.45, 2.75) is 58.7 Å². The minimum Gasteiger partial charge on any atom is -0.481 e. The SMILES string of the molecule is CC(C)(C)[C@H](c1cc(-c2cc(F)ccc2F)cn1Cc1ccccc1)N(CCCN)C(=O)CSC[C@H](NC(=O)CCOCCOCCOCCOCCNC(=O)CN1C(=O)C=CC1=O)C(=O)NCCC(=O)O. The van der Waals surface area contributed by atoms with Crippen LogP contribution in [0.25, 0.3) is 11.1 Å². The lowest BCUT2D eigenvalue weighted by Crippen LogP contribution is -2.49. The second-order valence-corrected chi connectivity index (χ2v) is 18.6. The molecule has 2 atom stereocenters. The first-order chi connectivity index (χ1) is 34.5. The van der Waals surface area contributed by atoms with E-state index in [2.05, 4.69) is 16.0 Å². The van der Waals surface area contributed by atoms with Crippen molar-refractivity contribution in [1.29, 1.82) is 0 Å². The van der Waals surface area contributed by atoms with Crippen LogP contribution in [-0.2, 0) is 59.1 Å². The number of nitrogens with zero attached hydrogens (tertiary/aromatic N) is 3. The Morgan fingerprint density at radius 1 is 0.806 bits per heavy atom. The van der Waals surface area contributed by atoms with Gasteiger partial charge < -0.3 is 55.2 Å². The van der Waals surface area contributed by atoms with Crippen LogP contribution in [-0.4, -0.2) is 164 Å². The highest BCUT2D eigenvalue weighted by atomic mass is 32.2. The quantitative estimate of drug-likeness (QED) is 0.0426. The van der Waals surface area contributed by atoms with Crippen LogP contribution in [0.3, 0.4) is 0 Å². The van der Waals surface area contributed by atoms with Crippen LogP contribution in [0.15, 0.2) is 72.9 Å². The van der Waals surface area contributed by atoms with Gasteiger partial charge in [0.1, 0.15) is 24.2 Å². The monoisotopic (exact) mass is 1030 g/mol. The number of aliphatic carboxylic acids is 1. The van der Waals surface area contributed by atoms with Gasteiger partial charge in [-0.1, -0.05) is 51.1 Å². The number of ether oxygens (including phenoxy) is 4. The lowest BCUT2D eigenvalue weighted by Gasteiger charge is -2.41. The normalized spacial score (nSPS) is 13.3. The Hall–Kier alpha value is -6.04. The number of aromatic nitrogens is 1. The second-order valence-electron chi connectivity index (χ2n) is 17.6. The summed E-state index contributed by atoms with van der Waals surface area (Å²) in [5.74, 6) is -5.40. The highest BCUT2D eigenvalue weighted by Crippen LogP contribution is 2.41. The minimum absolute atomic E-state index is 0.0119. The maximum Gasteiger partial charge on any atom is 0.305 e. The summed E-state index contributed by atoms with van der Waals surface area (Å²) in [6.07, 6.45) is 3.99. The number of amides is 6. The maximum atomic E-state index is 15.2. The topological polar surface area (TPSA) is 250 Å². The third-order valence-corrected chi connectivity index (χ3v) is 11.9. The first-order valence-corrected chi connectivity index (χ1v) is 24.8. The van der Waals surface area contributed by atoms with Gasteiger partial charge in [-0.05, 0) is 48.2 Å². The van der Waals surface area contributed by atoms with E-state index in [0.717, 1.165) is 52.6 Å². The van der Waals surface area contributed by atoms with E-state index in [1.54, 1.807) is 17.2 Å². The fraction of sp³-hybridized carbons (Fsp3) is 0.500. The molecule has 72 heavy (non-hydrogen) atoms. The number of carboxylic acids is 1. The number of nitrogens with one attached hydrogen (secondary N) is 3. The Labute approximate surface area is 422 Å². The fourth-order valence-corrected chi connectivity index (χ4v) is 8.39. The van der Waals surface area contributed by atoms with Crippen molar-refractivity contribution in [3.8, 4) is 11.1 Å². The fourth-order valence-electron chi connectivity index (χ4n) is 7.46. The molecule has 19 nitrogen and oxygen atoms in total. The summed E-state index contributed by atoms with van der Waals surface area (Å²) in [6, 6.07) is 13.0. The first kappa shape index (κ1) is 58.5. The zero-order chi connectivity index (χ0) is 52.5. The first-order valence-electron chi connectivity index (χ1n) is 23.6. The number of thioether (sulfide) groups is 1. The van der Waals surface area contributed by atoms with Gasteiger partial charge in [0.2, 0.25) is 23.6 Å². The molecule has 0 aliphatic carbocycles. The summed E-state index contributed by atoms with van der Waals surface area (Å²) in [5.41, 5.74) is 7.55. The van der Waals surface area contributed by atoms with Crippen LogP contribution in [0.5, 0.6) is 0 Å². The largest absolute Gasteiger partial charge is 0.481 e. The van der Waals surface area contributed by atoms with Gasteiger partial charge in [-0.3, -0.25) is 38.5 Å². The van der Waals surface area contributed by atoms with E-state index >= 15 is 4.39 Å². The molecule has 6 amide bonds. The van der Waals surface area contributed by atoms with Crippen LogP contribution >= 0.6 is 11.8 Å². The van der Waals surface area contributed by atoms with Crippen molar-refractivity contribution in [3.63, 3.8) is 0 Å². The molecule has 0 bridgehead atoms. The molecule has 0 saturated carbocycles. The van der Waals surface area contributed by atoms with E-state index in [4.69, 9.17) is 29.8 Å². The molecule has 3 aromatic rings. The summed E-state index contributed by atoms with van der Waals surface area (Å²) < 4.78 is 53.5. The van der Waals surface area contributed by atoms with Gasteiger partial charge in [0, 0.05) is 73.5 Å². The van der Waals surface area contributed by atoms with Crippen LogP contribution in [0.2, 0.25) is 0 Å². The summed E-state index contributed by atoms with van der Waals surface area (Å²) >= 11 is 1.12. The number of hydrogen-bond donors (Lipinski definition) is 5. The van der Waals surface area contributed by atoms with E-state index < -0.39 is 64.6 Å². The smallest absolute Gasteiger partial charge is 0.305 e. The average Bonchev–Trinajstić information content (AvgIpc) is 3.88. The van der Waals surface area contributed by atoms with Crippen molar-refractivity contribution >= 4 is 53.2 Å². The molecule has 0 fully saturated rings. The molecule has 4 rings (SSSR count). The van der Waals surface area contributed by atoms with E-state index in [1.807, 2.05) is 55.7 Å². The van der Waals surface area contributed by atoms with Crippen molar-refractivity contribution in [2.24, 2.45) is 11.1 Å². The summed E-state index contributed by atoms with van der Waals surface area (Å²) in [4.78, 5) is 89.5. The molecular formula is C50H67F2N7O12S. The van der Waals surface area contributed by atoms with E-state index in [9.17, 15) is 38.0 Å². The molecule has 0 unspecified atom stereocenters. The number of imide groups is 1. The van der Waals surface area contributed by atoms with Crippen LogP contribution in [0.4, 0.5) is 8.78 Å². The Morgan fingerprint density at radius 3 is 2.07 bits per heavy atom. The molecule has 1 aliphatic rings. The second kappa shape index (κ2) is 30.8. The maximum absolute atomic E-state index is 15.2. The van der Waals surface area contributed by atoms with Crippen LogP contribution < -0.4 is 21.7 Å². The zero-order valence-corrected chi connectivity index (χ0v) is 41.9. The Kier molecular flexibility index (Phi) is 25.0. The Balaban J connectivity index is 1.26. The standard InChI is InChI=1S/C50H67F2N7O12S/c1-50(2,3)48(41-28-36(38-29-37(51)10-11-39(38)52)31-57(41)30-35-8-5-4-6-9-35)58(19-7-16-53)46(64)34-72-33-40(49(67)55-17-14-47(65)66)56-42(60)15-20-68-22-24-70-26-27-71-25-23-69-21-18-54-43(61)32-59-44(62)12-13-45(59)63/h4-6,8-13,28-29,31,40,48H,7,14-27,30,32-34,53H2,1-3H3,(H,54,61)(H,55,67)(H,56,60)(H,65,66)/t40-,48-/m0/s1. The Bertz CT molecular complexity index is 2280. The zero-order valence-electron chi connectivity index (χ0n) is 41.0. The number of hydrogen-bond acceptors (Lipinski definition) is 13. The summed E-state index contributed by atoms with van der Waals surface area (Å²) in [5, 5.41) is 16.9. The number of carbonyl (C=O) groups is 7. The minimum atomic E-state index is -1.12. The number of carbonyl (C=O) groups excluding carboxylic acids is 6. The number of carboxylic acid groups (broad SMARTS) is 1. The average molecular weight is 1030 g/mol. The van der Waals surface area contributed by atoms with E-state index in [0.29, 0.717) is 24.2 Å². The molecule has 2 aromatic carbocycles. The van der Waals surface area contributed by atoms with Gasteiger partial charge >= 0.3 is 5.97 Å². The van der Waals surface area contributed by atoms with Gasteiger partial charge in [-0.2, -0.15) is 0 Å². The summed E-state index contributed by atoms with van der Waals surface area (Å²) in [7, 11) is 0. The highest BCUT2D eigenvalue weighted by molar-refractivity contribution is 8.00. The van der Waals surface area contributed by atoms with Crippen LogP contribution in [0, 0.1) is 17.0 Å². The van der Waals surface area contributed by atoms with E-state index in [1.165, 1.54) is 0 Å². The molecule has 1 aromatic heterocycles. The van der Waals surface area contributed by atoms with Gasteiger partial charge in [-0.15, -0.1) is 11.8 Å². The number of halogens is 2. The van der Waals surface area contributed by atoms with Crippen molar-refractivity contribution < 1.29 is 66.4 Å². The molecule has 394 valence electrons. The van der Waals surface area contributed by atoms with Crippen molar-refractivity contribution in [2.75, 3.05) is 97.1 Å². The van der Waals surface area contributed by atoms with Gasteiger partial charge in [0.25, 0.3) is 11.8 Å². The number of rotatable bonds is 34. The molecule has 0 saturated heterocycles. The third-order valence-electron chi connectivity index (χ3n) is 10.9. The molecule has 22 heteroatoms. The van der Waals surface area contributed by atoms with Gasteiger partial charge in [0.15, 0.2) is 0 Å². The number of benzene rings is 2. The van der Waals surface area contributed by atoms with Gasteiger partial charge in [0.05, 0.1) is 71.1 Å². The van der Waals surface area contributed by atoms with Crippen LogP contribution in [0.1, 0.15) is 57.3 Å². The van der Waals surface area contributed by atoms with Gasteiger partial charge in [-0.25, -0.2) is 8.78 Å². The lowest BCUT2D eigenvalue weighted by atomic mass is 9.83. The lowest BCUT2D eigenvalue weighted by molar-refractivity contribution is -0.141. The molecule has 0 spiro atoms. The van der Waals surface area contributed by atoms with E-state index in [-0.39, 0.29) is 121 Å². The van der Waals surface area contributed by atoms with Crippen molar-refractivity contribution in [1.82, 2.24) is 30.3 Å². The predicted molar refractivity (Wildman–Crippen MR) is 264 cm³/mol. The Morgan fingerprint density at radius 2 is 1.44 bits per heavy atom. The molecule has 6 N–H and O–H groups in total. The predicted octanol–water partition coefficient (Wildman–Crippen LogP) is 3.05. The molecule has 2 heterocycles. The molecular weight excluding hydrogens is 961 g/mol. The molecule has 1 aliphatic heterocycles. The van der Waals surface area contributed by atoms with Crippen molar-refractivity contribution in [3.05, 3.63) is 95.8 Å².